The van der Waals surface area contributed by atoms with Crippen LogP contribution in [0, 0.1) is 5.92 Å². The highest BCUT2D eigenvalue weighted by Gasteiger charge is 2.17. The Morgan fingerprint density at radius 3 is 2.56 bits per heavy atom. The molecule has 2 rings (SSSR count). The van der Waals surface area contributed by atoms with E-state index in [1.165, 1.54) is 0 Å². The molecule has 0 saturated carbocycles. The maximum atomic E-state index is 11.3. The molecule has 0 amide bonds. The molecule has 0 bridgehead atoms. The smallest absolute Gasteiger partial charge is 0.143 e. The van der Waals surface area contributed by atoms with Crippen molar-refractivity contribution in [3.8, 4) is 0 Å². The zero-order chi connectivity index (χ0) is 18.4. The Kier molecular flexibility index (Phi) is 6.12. The Bertz CT molecular complexity index is 829. The van der Waals surface area contributed by atoms with E-state index in [0.717, 1.165) is 33.9 Å². The first-order valence-electron chi connectivity index (χ1n) is 8.31. The van der Waals surface area contributed by atoms with Gasteiger partial charge in [-0.3, -0.25) is 9.80 Å². The second-order valence-electron chi connectivity index (χ2n) is 6.36. The predicted molar refractivity (Wildman–Crippen MR) is 106 cm³/mol. The van der Waals surface area contributed by atoms with Crippen molar-refractivity contribution in [2.24, 2.45) is 16.8 Å². The summed E-state index contributed by atoms with van der Waals surface area (Å²) >= 11 is 0. The number of allylic oxidation sites excluding steroid dienone is 2. The zero-order valence-corrected chi connectivity index (χ0v) is 15.1. The van der Waals surface area contributed by atoms with Crippen LogP contribution >= 0.6 is 0 Å². The molecule has 2 aromatic carbocycles. The summed E-state index contributed by atoms with van der Waals surface area (Å²) in [7, 11) is 1.85. The van der Waals surface area contributed by atoms with Crippen molar-refractivity contribution in [3.05, 3.63) is 66.4 Å². The summed E-state index contributed by atoms with van der Waals surface area (Å²) in [5.74, 6) is 0.138. The monoisotopic (exact) mass is 335 g/mol. The number of benzene rings is 2. The van der Waals surface area contributed by atoms with Gasteiger partial charge < -0.3 is 5.73 Å². The Balaban J connectivity index is 2.61. The fourth-order valence-electron chi connectivity index (χ4n) is 2.83. The Labute approximate surface area is 149 Å². The first-order chi connectivity index (χ1) is 11.9. The number of hydrogen-bond donors (Lipinski definition) is 1. The molecule has 0 aliphatic heterocycles. The van der Waals surface area contributed by atoms with Crippen molar-refractivity contribution < 1.29 is 4.79 Å². The van der Waals surface area contributed by atoms with Gasteiger partial charge in [0.15, 0.2) is 0 Å². The van der Waals surface area contributed by atoms with E-state index in [0.29, 0.717) is 12.2 Å². The van der Waals surface area contributed by atoms with Crippen molar-refractivity contribution in [3.63, 3.8) is 0 Å². The number of carbonyl (C=O) groups excluding carboxylic acids is 1. The molecule has 0 spiro atoms. The standard InChI is InChI=1S/C21H25N3O/c1-15(2)21(23-24(4)14-16(3)22)20(12-13-25)19-11-7-9-17-8-5-6-10-18(17)19/h5-13,15H,3,14,22H2,1-2,4H3/b20-12-,23-21-. The zero-order valence-electron chi connectivity index (χ0n) is 15.1. The molecular weight excluding hydrogens is 310 g/mol. The van der Waals surface area contributed by atoms with Gasteiger partial charge in [0.2, 0.25) is 0 Å². The van der Waals surface area contributed by atoms with Crippen LogP contribution in [-0.4, -0.2) is 30.6 Å². The number of fused-ring (bicyclic) bond motifs is 1. The highest BCUT2D eigenvalue weighted by molar-refractivity contribution is 6.28. The molecule has 0 atom stereocenters. The molecule has 25 heavy (non-hydrogen) atoms. The SMILES string of the molecule is C=C(N)CN(C)/N=C(\C(=C/C=O)c1cccc2ccccc12)C(C)C. The minimum absolute atomic E-state index is 0.138. The summed E-state index contributed by atoms with van der Waals surface area (Å²) in [6, 6.07) is 14.2. The average Bonchev–Trinajstić information content (AvgIpc) is 2.56. The molecule has 0 unspecified atom stereocenters. The number of hydrazone groups is 1. The lowest BCUT2D eigenvalue weighted by atomic mass is 9.90. The second kappa shape index (κ2) is 8.29. The first kappa shape index (κ1) is 18.5. The number of likely N-dealkylation sites (N-methyl/N-ethyl adjacent to an activating group) is 1. The molecule has 0 fully saturated rings. The summed E-state index contributed by atoms with van der Waals surface area (Å²) in [6.07, 6.45) is 2.41. The Morgan fingerprint density at radius 2 is 1.92 bits per heavy atom. The van der Waals surface area contributed by atoms with Crippen LogP contribution in [0.2, 0.25) is 0 Å². The highest BCUT2D eigenvalue weighted by atomic mass is 16.1. The van der Waals surface area contributed by atoms with Crippen LogP contribution in [0.4, 0.5) is 0 Å². The van der Waals surface area contributed by atoms with Crippen LogP contribution in [0.1, 0.15) is 19.4 Å². The molecule has 0 aliphatic rings. The van der Waals surface area contributed by atoms with E-state index in [1.54, 1.807) is 11.1 Å². The fourth-order valence-corrected chi connectivity index (χ4v) is 2.83. The van der Waals surface area contributed by atoms with E-state index in [4.69, 9.17) is 10.8 Å². The third kappa shape index (κ3) is 4.57. The van der Waals surface area contributed by atoms with Gasteiger partial charge in [-0.05, 0) is 28.3 Å². The van der Waals surface area contributed by atoms with Gasteiger partial charge in [0, 0.05) is 18.3 Å². The van der Waals surface area contributed by atoms with Gasteiger partial charge >= 0.3 is 0 Å². The average molecular weight is 335 g/mol. The number of rotatable bonds is 7. The van der Waals surface area contributed by atoms with Crippen molar-refractivity contribution in [1.29, 1.82) is 0 Å². The number of nitrogens with zero attached hydrogens (tertiary/aromatic N) is 2. The molecule has 0 heterocycles. The van der Waals surface area contributed by atoms with Crippen molar-refractivity contribution >= 4 is 28.3 Å². The van der Waals surface area contributed by atoms with Gasteiger partial charge in [0.05, 0.1) is 12.3 Å². The lowest BCUT2D eigenvalue weighted by molar-refractivity contribution is -0.104. The molecular formula is C21H25N3O. The molecule has 4 heteroatoms. The van der Waals surface area contributed by atoms with E-state index in [2.05, 4.69) is 38.6 Å². The third-order valence-electron chi connectivity index (χ3n) is 3.85. The van der Waals surface area contributed by atoms with Crippen molar-refractivity contribution in [2.45, 2.75) is 13.8 Å². The Morgan fingerprint density at radius 1 is 1.24 bits per heavy atom. The van der Waals surface area contributed by atoms with Crippen molar-refractivity contribution in [2.75, 3.05) is 13.6 Å². The van der Waals surface area contributed by atoms with Gasteiger partial charge in [0.1, 0.15) is 6.29 Å². The highest BCUT2D eigenvalue weighted by Crippen LogP contribution is 2.28. The van der Waals surface area contributed by atoms with E-state index in [-0.39, 0.29) is 5.92 Å². The molecule has 130 valence electrons. The van der Waals surface area contributed by atoms with E-state index in [9.17, 15) is 4.79 Å². The van der Waals surface area contributed by atoms with Crippen LogP contribution in [0.3, 0.4) is 0 Å². The number of carbonyl (C=O) groups is 1. The Hall–Kier alpha value is -2.88. The molecule has 2 aromatic rings. The van der Waals surface area contributed by atoms with Gasteiger partial charge in [0.25, 0.3) is 0 Å². The van der Waals surface area contributed by atoms with Crippen LogP contribution in [-0.2, 0) is 4.79 Å². The van der Waals surface area contributed by atoms with Crippen molar-refractivity contribution in [1.82, 2.24) is 5.01 Å². The maximum Gasteiger partial charge on any atom is 0.143 e. The maximum absolute atomic E-state index is 11.3. The van der Waals surface area contributed by atoms with Gasteiger partial charge in [-0.1, -0.05) is 62.9 Å². The number of hydrogen-bond acceptors (Lipinski definition) is 4. The lowest BCUT2D eigenvalue weighted by Gasteiger charge is -2.20. The fraction of sp³-hybridized carbons (Fsp3) is 0.238. The van der Waals surface area contributed by atoms with Crippen LogP contribution in [0.25, 0.3) is 16.3 Å². The van der Waals surface area contributed by atoms with Gasteiger partial charge in [-0.2, -0.15) is 5.10 Å². The minimum atomic E-state index is 0.138. The molecule has 4 nitrogen and oxygen atoms in total. The van der Waals surface area contributed by atoms with Gasteiger partial charge in [-0.25, -0.2) is 0 Å². The predicted octanol–water partition coefficient (Wildman–Crippen LogP) is 3.84. The largest absolute Gasteiger partial charge is 0.401 e. The normalized spacial score (nSPS) is 12.5. The van der Waals surface area contributed by atoms with E-state index in [1.807, 2.05) is 31.3 Å². The molecule has 0 radical (unpaired) electrons. The van der Waals surface area contributed by atoms with Crippen LogP contribution < -0.4 is 5.73 Å². The topological polar surface area (TPSA) is 58.7 Å². The molecule has 2 N–H and O–H groups in total. The van der Waals surface area contributed by atoms with E-state index < -0.39 is 0 Å². The lowest BCUT2D eigenvalue weighted by Crippen LogP contribution is -2.23. The summed E-state index contributed by atoms with van der Waals surface area (Å²) in [6.45, 7) is 8.31. The summed E-state index contributed by atoms with van der Waals surface area (Å²) < 4.78 is 0. The van der Waals surface area contributed by atoms with Crippen LogP contribution in [0.5, 0.6) is 0 Å². The summed E-state index contributed by atoms with van der Waals surface area (Å²) in [4.78, 5) is 11.3. The quantitative estimate of drug-likeness (QED) is 0.362. The molecule has 0 aliphatic carbocycles. The van der Waals surface area contributed by atoms with E-state index >= 15 is 0 Å². The molecule has 0 saturated heterocycles. The van der Waals surface area contributed by atoms with Crippen LogP contribution in [0.15, 0.2) is 65.9 Å². The third-order valence-corrected chi connectivity index (χ3v) is 3.85. The first-order valence-corrected chi connectivity index (χ1v) is 8.31. The molecule has 0 aromatic heterocycles. The minimum Gasteiger partial charge on any atom is -0.401 e. The second-order valence-corrected chi connectivity index (χ2v) is 6.36. The summed E-state index contributed by atoms with van der Waals surface area (Å²) in [5, 5.41) is 8.67. The summed E-state index contributed by atoms with van der Waals surface area (Å²) in [5.41, 5.74) is 8.90. The van der Waals surface area contributed by atoms with Gasteiger partial charge in [-0.15, -0.1) is 0 Å². The number of nitrogens with two attached hydrogens (primary N) is 1. The number of aldehydes is 1.